The van der Waals surface area contributed by atoms with E-state index in [1.807, 2.05) is 0 Å². The molecule has 3 heteroatoms. The van der Waals surface area contributed by atoms with Crippen LogP contribution in [0, 0.1) is 11.8 Å². The zero-order chi connectivity index (χ0) is 14.6. The fraction of sp³-hybridized carbons (Fsp3) is 0.647. The maximum atomic E-state index is 9.85. The van der Waals surface area contributed by atoms with Crippen molar-refractivity contribution in [3.8, 4) is 0 Å². The first kappa shape index (κ1) is 15.5. The van der Waals surface area contributed by atoms with Crippen LogP contribution in [0.5, 0.6) is 0 Å². The Kier molecular flexibility index (Phi) is 5.19. The van der Waals surface area contributed by atoms with Crippen molar-refractivity contribution in [2.75, 3.05) is 19.8 Å². The minimum atomic E-state index is 0.00491. The predicted octanol–water partition coefficient (Wildman–Crippen LogP) is 1.61. The molecule has 2 rings (SSSR count). The lowest BCUT2D eigenvalue weighted by molar-refractivity contribution is -0.386. The number of aliphatic hydroxyl groups is 1. The van der Waals surface area contributed by atoms with E-state index in [4.69, 9.17) is 4.74 Å². The molecule has 20 heavy (non-hydrogen) atoms. The second kappa shape index (κ2) is 6.70. The molecule has 1 aliphatic heterocycles. The van der Waals surface area contributed by atoms with Crippen LogP contribution in [0.25, 0.3) is 0 Å². The summed E-state index contributed by atoms with van der Waals surface area (Å²) in [5, 5.41) is 9.85. The number of hydrogen-bond donors (Lipinski definition) is 2. The van der Waals surface area contributed by atoms with Gasteiger partial charge < -0.3 is 15.6 Å². The predicted molar refractivity (Wildman–Crippen MR) is 80.3 cm³/mol. The van der Waals surface area contributed by atoms with Gasteiger partial charge in [-0.25, -0.2) is 0 Å². The summed E-state index contributed by atoms with van der Waals surface area (Å²) in [5.41, 5.74) is 5.41. The van der Waals surface area contributed by atoms with E-state index in [0.717, 1.165) is 26.0 Å². The van der Waals surface area contributed by atoms with Gasteiger partial charge in [0.2, 0.25) is 0 Å². The molecule has 1 aromatic carbocycles. The lowest BCUT2D eigenvalue weighted by Gasteiger charge is -2.46. The molecule has 0 saturated carbocycles. The van der Waals surface area contributed by atoms with Crippen molar-refractivity contribution < 1.29 is 15.6 Å². The monoisotopic (exact) mass is 278 g/mol. The maximum Gasteiger partial charge on any atom is 0.0799 e. The molecular formula is C17H28NO2+. The average molecular weight is 278 g/mol. The Hall–Kier alpha value is -0.900. The van der Waals surface area contributed by atoms with E-state index < -0.39 is 0 Å². The van der Waals surface area contributed by atoms with Crippen LogP contribution in [0.15, 0.2) is 30.3 Å². The summed E-state index contributed by atoms with van der Waals surface area (Å²) >= 11 is 0. The topological polar surface area (TPSA) is 57.1 Å². The number of quaternary nitrogens is 1. The highest BCUT2D eigenvalue weighted by Crippen LogP contribution is 2.44. The molecule has 1 fully saturated rings. The van der Waals surface area contributed by atoms with Gasteiger partial charge in [0.1, 0.15) is 0 Å². The lowest BCUT2D eigenvalue weighted by Crippen LogP contribution is -2.60. The van der Waals surface area contributed by atoms with Crippen LogP contribution in [0.2, 0.25) is 0 Å². The highest BCUT2D eigenvalue weighted by Gasteiger charge is 2.45. The summed E-state index contributed by atoms with van der Waals surface area (Å²) in [6.45, 7) is 6.15. The molecule has 0 bridgehead atoms. The first-order valence-electron chi connectivity index (χ1n) is 7.71. The summed E-state index contributed by atoms with van der Waals surface area (Å²) < 4.78 is 5.95. The number of benzene rings is 1. The Bertz CT molecular complexity index is 403. The maximum absolute atomic E-state index is 9.85. The molecule has 0 spiro atoms. The van der Waals surface area contributed by atoms with Crippen LogP contribution in [0.3, 0.4) is 0 Å². The SMILES string of the molecule is CC(C)[C@H]1C[C@](c2ccccc2)([C@@H](C[NH3+])CO)CCO1. The molecule has 1 heterocycles. The van der Waals surface area contributed by atoms with Gasteiger partial charge in [-0.15, -0.1) is 0 Å². The molecule has 0 aromatic heterocycles. The van der Waals surface area contributed by atoms with E-state index in [1.54, 1.807) is 0 Å². The third-order valence-corrected chi connectivity index (χ3v) is 4.89. The third-order valence-electron chi connectivity index (χ3n) is 4.89. The van der Waals surface area contributed by atoms with Gasteiger partial charge >= 0.3 is 0 Å². The minimum absolute atomic E-state index is 0.00491. The Balaban J connectivity index is 2.39. The Morgan fingerprint density at radius 3 is 2.60 bits per heavy atom. The van der Waals surface area contributed by atoms with Crippen LogP contribution in [0.1, 0.15) is 32.3 Å². The molecule has 0 amide bonds. The number of hydrogen-bond acceptors (Lipinski definition) is 2. The normalized spacial score (nSPS) is 28.6. The summed E-state index contributed by atoms with van der Waals surface area (Å²) in [6, 6.07) is 10.6. The summed E-state index contributed by atoms with van der Waals surface area (Å²) in [4.78, 5) is 0. The van der Waals surface area contributed by atoms with Crippen molar-refractivity contribution in [2.24, 2.45) is 11.8 Å². The summed E-state index contributed by atoms with van der Waals surface area (Å²) in [7, 11) is 0. The van der Waals surface area contributed by atoms with Crippen LogP contribution in [0.4, 0.5) is 0 Å². The van der Waals surface area contributed by atoms with Gasteiger partial charge in [0.05, 0.1) is 19.3 Å². The molecule has 0 unspecified atom stereocenters. The molecule has 3 nitrogen and oxygen atoms in total. The zero-order valence-electron chi connectivity index (χ0n) is 12.7. The first-order chi connectivity index (χ1) is 9.64. The number of ether oxygens (including phenoxy) is 1. The minimum Gasteiger partial charge on any atom is -0.396 e. The molecule has 1 saturated heterocycles. The van der Waals surface area contributed by atoms with Gasteiger partial charge in [0, 0.05) is 17.9 Å². The smallest absolute Gasteiger partial charge is 0.0799 e. The molecule has 112 valence electrons. The van der Waals surface area contributed by atoms with Crippen LogP contribution >= 0.6 is 0 Å². The molecule has 1 aromatic rings. The van der Waals surface area contributed by atoms with E-state index in [9.17, 15) is 5.11 Å². The molecule has 3 atom stereocenters. The first-order valence-corrected chi connectivity index (χ1v) is 7.71. The molecular weight excluding hydrogens is 250 g/mol. The highest BCUT2D eigenvalue weighted by molar-refractivity contribution is 5.28. The quantitative estimate of drug-likeness (QED) is 0.859. The van der Waals surface area contributed by atoms with Crippen molar-refractivity contribution in [3.05, 3.63) is 35.9 Å². The standard InChI is InChI=1S/C17H27NO2/c1-13(2)16-10-17(8-9-20-16,15(11-18)12-19)14-6-4-3-5-7-14/h3-7,13,15-16,19H,8-12,18H2,1-2H3/p+1/t15-,16+,17+/m0/s1. The van der Waals surface area contributed by atoms with E-state index in [2.05, 4.69) is 49.9 Å². The van der Waals surface area contributed by atoms with Crippen molar-refractivity contribution in [1.82, 2.24) is 0 Å². The van der Waals surface area contributed by atoms with E-state index in [-0.39, 0.29) is 24.0 Å². The van der Waals surface area contributed by atoms with E-state index in [0.29, 0.717) is 5.92 Å². The average Bonchev–Trinajstić information content (AvgIpc) is 2.49. The van der Waals surface area contributed by atoms with Crippen molar-refractivity contribution >= 4 is 0 Å². The number of aliphatic hydroxyl groups excluding tert-OH is 1. The van der Waals surface area contributed by atoms with Gasteiger partial charge in [-0.2, -0.15) is 0 Å². The van der Waals surface area contributed by atoms with Gasteiger partial charge in [-0.1, -0.05) is 44.2 Å². The fourth-order valence-corrected chi connectivity index (χ4v) is 3.52. The van der Waals surface area contributed by atoms with E-state index in [1.165, 1.54) is 5.56 Å². The molecule has 0 aliphatic carbocycles. The van der Waals surface area contributed by atoms with E-state index >= 15 is 0 Å². The molecule has 1 aliphatic rings. The van der Waals surface area contributed by atoms with Crippen LogP contribution in [-0.4, -0.2) is 31.0 Å². The largest absolute Gasteiger partial charge is 0.396 e. The molecule has 4 N–H and O–H groups in total. The summed E-state index contributed by atoms with van der Waals surface area (Å²) in [6.07, 6.45) is 2.22. The van der Waals surface area contributed by atoms with Gasteiger partial charge in [0.25, 0.3) is 0 Å². The fourth-order valence-electron chi connectivity index (χ4n) is 3.52. The lowest BCUT2D eigenvalue weighted by atomic mass is 9.63. The zero-order valence-corrected chi connectivity index (χ0v) is 12.7. The Morgan fingerprint density at radius 1 is 1.35 bits per heavy atom. The molecule has 0 radical (unpaired) electrons. The van der Waals surface area contributed by atoms with Crippen molar-refractivity contribution in [3.63, 3.8) is 0 Å². The number of rotatable bonds is 5. The van der Waals surface area contributed by atoms with Crippen LogP contribution in [-0.2, 0) is 10.2 Å². The third kappa shape index (κ3) is 2.90. The van der Waals surface area contributed by atoms with Gasteiger partial charge in [-0.3, -0.25) is 0 Å². The van der Waals surface area contributed by atoms with Crippen molar-refractivity contribution in [2.45, 2.75) is 38.2 Å². The summed E-state index contributed by atoms with van der Waals surface area (Å²) in [5.74, 6) is 0.706. The second-order valence-electron chi connectivity index (χ2n) is 6.30. The van der Waals surface area contributed by atoms with Gasteiger partial charge in [0.15, 0.2) is 0 Å². The Labute approximate surface area is 122 Å². The van der Waals surface area contributed by atoms with Gasteiger partial charge in [-0.05, 0) is 24.3 Å². The second-order valence-corrected chi connectivity index (χ2v) is 6.30. The highest BCUT2D eigenvalue weighted by atomic mass is 16.5. The van der Waals surface area contributed by atoms with Crippen LogP contribution < -0.4 is 5.73 Å². The van der Waals surface area contributed by atoms with Crippen molar-refractivity contribution in [1.29, 1.82) is 0 Å². The Morgan fingerprint density at radius 2 is 2.05 bits per heavy atom.